The fraction of sp³-hybridized carbons (Fsp3) is 0.348. The lowest BCUT2D eigenvalue weighted by molar-refractivity contribution is 0.0831. The van der Waals surface area contributed by atoms with Crippen molar-refractivity contribution in [2.75, 3.05) is 12.8 Å². The number of aliphatic hydroxyl groups is 1. The van der Waals surface area contributed by atoms with Crippen LogP contribution >= 0.6 is 0 Å². The fourth-order valence-electron chi connectivity index (χ4n) is 3.74. The van der Waals surface area contributed by atoms with E-state index in [0.29, 0.717) is 35.5 Å². The van der Waals surface area contributed by atoms with Crippen LogP contribution in [-0.4, -0.2) is 54.4 Å². The third-order valence-electron chi connectivity index (χ3n) is 5.57. The van der Waals surface area contributed by atoms with Gasteiger partial charge in [0, 0.05) is 29.7 Å². The van der Waals surface area contributed by atoms with E-state index in [2.05, 4.69) is 10.6 Å². The largest absolute Gasteiger partial charge is 0.390 e. The van der Waals surface area contributed by atoms with Gasteiger partial charge in [-0.15, -0.1) is 0 Å². The Kier molecular flexibility index (Phi) is 6.13. The molecule has 1 aliphatic carbocycles. The van der Waals surface area contributed by atoms with Gasteiger partial charge >= 0.3 is 0 Å². The summed E-state index contributed by atoms with van der Waals surface area (Å²) in [7, 11) is -3.48. The molecule has 31 heavy (non-hydrogen) atoms. The molecule has 1 aromatic heterocycles. The summed E-state index contributed by atoms with van der Waals surface area (Å²) in [5.74, 6) is -0.344. The summed E-state index contributed by atoms with van der Waals surface area (Å²) in [4.78, 5) is 13.2. The van der Waals surface area contributed by atoms with E-state index < -0.39 is 22.2 Å². The van der Waals surface area contributed by atoms with Crippen molar-refractivity contribution in [2.24, 2.45) is 0 Å². The molecule has 1 saturated carbocycles. The van der Waals surface area contributed by atoms with Gasteiger partial charge in [0.1, 0.15) is 0 Å². The molecule has 4 rings (SSSR count). The van der Waals surface area contributed by atoms with Crippen LogP contribution in [0.25, 0.3) is 10.9 Å². The SMILES string of the molecule is CS(=O)(=O)n1ccc2c(C(=O)N[C@@H](Cc3ccccc3)[C@H](O)CNC3CC3)cccc21. The average molecular weight is 442 g/mol. The first-order chi connectivity index (χ1) is 14.8. The van der Waals surface area contributed by atoms with Crippen molar-refractivity contribution >= 4 is 26.8 Å². The Bertz CT molecular complexity index is 1170. The van der Waals surface area contributed by atoms with Crippen LogP contribution in [0.15, 0.2) is 60.8 Å². The Morgan fingerprint density at radius 1 is 1.13 bits per heavy atom. The van der Waals surface area contributed by atoms with Gasteiger partial charge in [-0.05, 0) is 43.0 Å². The third-order valence-corrected chi connectivity index (χ3v) is 6.60. The van der Waals surface area contributed by atoms with Crippen molar-refractivity contribution in [1.29, 1.82) is 0 Å². The van der Waals surface area contributed by atoms with Crippen molar-refractivity contribution < 1.29 is 18.3 Å². The van der Waals surface area contributed by atoms with Crippen molar-refractivity contribution in [2.45, 2.75) is 37.5 Å². The van der Waals surface area contributed by atoms with Crippen LogP contribution in [0.4, 0.5) is 0 Å². The van der Waals surface area contributed by atoms with Crippen LogP contribution < -0.4 is 10.6 Å². The van der Waals surface area contributed by atoms with Crippen LogP contribution in [0.2, 0.25) is 0 Å². The van der Waals surface area contributed by atoms with E-state index in [9.17, 15) is 18.3 Å². The number of amides is 1. The second-order valence-electron chi connectivity index (χ2n) is 8.13. The number of aliphatic hydroxyl groups excluding tert-OH is 1. The molecule has 1 heterocycles. The molecular weight excluding hydrogens is 414 g/mol. The number of hydrogen-bond acceptors (Lipinski definition) is 5. The predicted molar refractivity (Wildman–Crippen MR) is 121 cm³/mol. The summed E-state index contributed by atoms with van der Waals surface area (Å²) < 4.78 is 25.2. The molecule has 7 nitrogen and oxygen atoms in total. The molecule has 8 heteroatoms. The van der Waals surface area contributed by atoms with E-state index in [0.717, 1.165) is 28.6 Å². The third kappa shape index (κ3) is 5.15. The van der Waals surface area contributed by atoms with Crippen LogP contribution in [0.1, 0.15) is 28.8 Å². The smallest absolute Gasteiger partial charge is 0.252 e. The van der Waals surface area contributed by atoms with Crippen LogP contribution in [0.5, 0.6) is 0 Å². The number of carbonyl (C=O) groups is 1. The molecule has 164 valence electrons. The number of nitrogens with one attached hydrogen (secondary N) is 2. The van der Waals surface area contributed by atoms with Gasteiger partial charge in [-0.2, -0.15) is 0 Å². The highest BCUT2D eigenvalue weighted by molar-refractivity contribution is 7.89. The molecule has 1 amide bonds. The molecule has 3 aromatic rings. The maximum Gasteiger partial charge on any atom is 0.252 e. The molecule has 0 spiro atoms. The predicted octanol–water partition coefficient (Wildman–Crippen LogP) is 1.90. The Balaban J connectivity index is 1.58. The second-order valence-corrected chi connectivity index (χ2v) is 9.99. The Hall–Kier alpha value is -2.68. The summed E-state index contributed by atoms with van der Waals surface area (Å²) in [6.45, 7) is 0.400. The molecule has 0 radical (unpaired) electrons. The number of benzene rings is 2. The number of nitrogens with zero attached hydrogens (tertiary/aromatic N) is 1. The number of fused-ring (bicyclic) bond motifs is 1. The minimum atomic E-state index is -3.48. The van der Waals surface area contributed by atoms with E-state index in [-0.39, 0.29) is 5.91 Å². The zero-order valence-electron chi connectivity index (χ0n) is 17.4. The van der Waals surface area contributed by atoms with E-state index in [1.54, 1.807) is 24.3 Å². The van der Waals surface area contributed by atoms with E-state index >= 15 is 0 Å². The van der Waals surface area contributed by atoms with Crippen LogP contribution in [0, 0.1) is 0 Å². The van der Waals surface area contributed by atoms with Gasteiger partial charge in [0.15, 0.2) is 0 Å². The van der Waals surface area contributed by atoms with Gasteiger partial charge in [-0.1, -0.05) is 36.4 Å². The van der Waals surface area contributed by atoms with Crippen molar-refractivity contribution in [3.8, 4) is 0 Å². The summed E-state index contributed by atoms with van der Waals surface area (Å²) in [6.07, 6.45) is 4.53. The maximum absolute atomic E-state index is 13.2. The minimum absolute atomic E-state index is 0.344. The zero-order valence-corrected chi connectivity index (χ0v) is 18.2. The molecule has 0 bridgehead atoms. The molecule has 0 saturated heterocycles. The monoisotopic (exact) mass is 441 g/mol. The zero-order chi connectivity index (χ0) is 22.0. The Labute approximate surface area is 182 Å². The molecule has 1 fully saturated rings. The lowest BCUT2D eigenvalue weighted by Gasteiger charge is -2.25. The number of carbonyl (C=O) groups excluding carboxylic acids is 1. The molecule has 1 aliphatic rings. The first-order valence-corrected chi connectivity index (χ1v) is 12.2. The Morgan fingerprint density at radius 2 is 1.87 bits per heavy atom. The highest BCUT2D eigenvalue weighted by Crippen LogP contribution is 2.22. The lowest BCUT2D eigenvalue weighted by atomic mass is 10.00. The van der Waals surface area contributed by atoms with Crippen molar-refractivity contribution in [3.05, 3.63) is 71.9 Å². The van der Waals surface area contributed by atoms with E-state index in [1.807, 2.05) is 30.3 Å². The topological polar surface area (TPSA) is 100 Å². The molecule has 2 aromatic carbocycles. The molecular formula is C23H27N3O4S. The minimum Gasteiger partial charge on any atom is -0.390 e. The molecule has 0 unspecified atom stereocenters. The van der Waals surface area contributed by atoms with Gasteiger partial charge in [0.05, 0.1) is 23.9 Å². The Morgan fingerprint density at radius 3 is 2.55 bits per heavy atom. The fourth-order valence-corrected chi connectivity index (χ4v) is 4.54. The molecule has 0 aliphatic heterocycles. The quantitative estimate of drug-likeness (QED) is 0.471. The van der Waals surface area contributed by atoms with Crippen LogP contribution in [0.3, 0.4) is 0 Å². The highest BCUT2D eigenvalue weighted by atomic mass is 32.2. The van der Waals surface area contributed by atoms with E-state index in [4.69, 9.17) is 0 Å². The molecule has 2 atom stereocenters. The maximum atomic E-state index is 13.2. The first kappa shape index (κ1) is 21.5. The van der Waals surface area contributed by atoms with Crippen LogP contribution in [-0.2, 0) is 16.4 Å². The van der Waals surface area contributed by atoms with Gasteiger partial charge in [-0.3, -0.25) is 4.79 Å². The standard InChI is InChI=1S/C23H27N3O4S/c1-31(29,30)26-13-12-18-19(8-5-9-21(18)26)23(28)25-20(14-16-6-3-2-4-7-16)22(27)15-24-17-10-11-17/h2-9,12-13,17,20,22,24,27H,10-11,14-15H2,1H3,(H,25,28)/t20-,22+/m0/s1. The number of rotatable bonds is 9. The normalized spacial score (nSPS) is 16.2. The summed E-state index contributed by atoms with van der Waals surface area (Å²) in [6, 6.07) is 16.3. The van der Waals surface area contributed by atoms with Crippen molar-refractivity contribution in [3.63, 3.8) is 0 Å². The average Bonchev–Trinajstić information content (AvgIpc) is 3.46. The van der Waals surface area contributed by atoms with Crippen molar-refractivity contribution in [1.82, 2.24) is 14.6 Å². The van der Waals surface area contributed by atoms with Gasteiger partial charge in [-0.25, -0.2) is 12.4 Å². The summed E-state index contributed by atoms with van der Waals surface area (Å²) in [5.41, 5.74) is 1.84. The van der Waals surface area contributed by atoms with Gasteiger partial charge in [0.25, 0.3) is 5.91 Å². The highest BCUT2D eigenvalue weighted by Gasteiger charge is 2.27. The molecule has 3 N–H and O–H groups in total. The second kappa shape index (κ2) is 8.82. The number of hydrogen-bond donors (Lipinski definition) is 3. The lowest BCUT2D eigenvalue weighted by Crippen LogP contribution is -2.49. The van der Waals surface area contributed by atoms with E-state index in [1.165, 1.54) is 6.20 Å². The summed E-state index contributed by atoms with van der Waals surface area (Å²) in [5, 5.41) is 17.6. The first-order valence-electron chi connectivity index (χ1n) is 10.4. The van der Waals surface area contributed by atoms with Gasteiger partial charge < -0.3 is 15.7 Å². The number of aromatic nitrogens is 1. The summed E-state index contributed by atoms with van der Waals surface area (Å²) >= 11 is 0. The van der Waals surface area contributed by atoms with Gasteiger partial charge in [0.2, 0.25) is 10.0 Å².